The van der Waals surface area contributed by atoms with Gasteiger partial charge in [0, 0.05) is 12.6 Å². The molecule has 1 aliphatic rings. The molecule has 0 aromatic heterocycles. The molecule has 0 radical (unpaired) electrons. The van der Waals surface area contributed by atoms with E-state index in [1.54, 1.807) is 25.1 Å². The molecule has 1 fully saturated rings. The predicted molar refractivity (Wildman–Crippen MR) is 145 cm³/mol. The number of hydrogen-bond acceptors (Lipinski definition) is 3. The minimum atomic E-state index is -0.673. The lowest BCUT2D eigenvalue weighted by Gasteiger charge is -2.30. The molecule has 8 heteroatoms. The fraction of sp³-hybridized carbons (Fsp3) is 0.481. The first-order valence-electron chi connectivity index (χ1n) is 11.9. The zero-order valence-electron chi connectivity index (χ0n) is 20.7. The Kier molecular flexibility index (Phi) is 9.53. The van der Waals surface area contributed by atoms with E-state index in [9.17, 15) is 9.59 Å². The lowest BCUT2D eigenvalue weighted by molar-refractivity contribution is -0.142. The van der Waals surface area contributed by atoms with Gasteiger partial charge in [0.15, 0.2) is 6.61 Å². The maximum Gasteiger partial charge on any atom is 0.261 e. The van der Waals surface area contributed by atoms with Crippen LogP contribution in [0.4, 0.5) is 0 Å². The molecule has 1 N–H and O–H groups in total. The van der Waals surface area contributed by atoms with Crippen molar-refractivity contribution in [1.29, 1.82) is 0 Å². The van der Waals surface area contributed by atoms with Crippen molar-refractivity contribution in [2.75, 3.05) is 6.61 Å². The van der Waals surface area contributed by atoms with E-state index < -0.39 is 6.04 Å². The maximum atomic E-state index is 13.3. The van der Waals surface area contributed by atoms with Crippen LogP contribution in [0.2, 0.25) is 10.0 Å². The van der Waals surface area contributed by atoms with Crippen LogP contribution in [0.15, 0.2) is 40.9 Å². The van der Waals surface area contributed by atoms with E-state index in [1.165, 1.54) is 4.90 Å². The summed E-state index contributed by atoms with van der Waals surface area (Å²) in [5, 5.41) is 3.93. The molecule has 5 nitrogen and oxygen atoms in total. The summed E-state index contributed by atoms with van der Waals surface area (Å²) in [6.07, 6.45) is 4.17. The highest BCUT2D eigenvalue weighted by Gasteiger charge is 2.29. The molecule has 1 aliphatic carbocycles. The highest BCUT2D eigenvalue weighted by atomic mass is 79.9. The zero-order valence-corrected chi connectivity index (χ0v) is 23.8. The van der Waals surface area contributed by atoms with Crippen molar-refractivity contribution < 1.29 is 14.3 Å². The van der Waals surface area contributed by atoms with Crippen LogP contribution in [0.3, 0.4) is 0 Å². The van der Waals surface area contributed by atoms with Crippen molar-refractivity contribution >= 4 is 50.9 Å². The van der Waals surface area contributed by atoms with Gasteiger partial charge >= 0.3 is 0 Å². The number of ether oxygens (including phenoxy) is 1. The van der Waals surface area contributed by atoms with Gasteiger partial charge < -0.3 is 15.0 Å². The summed E-state index contributed by atoms with van der Waals surface area (Å²) >= 11 is 15.8. The molecule has 2 amide bonds. The van der Waals surface area contributed by atoms with Crippen LogP contribution >= 0.6 is 39.1 Å². The molecule has 1 atom stereocenters. The highest BCUT2D eigenvalue weighted by Crippen LogP contribution is 2.31. The van der Waals surface area contributed by atoms with Gasteiger partial charge in [-0.05, 0) is 76.5 Å². The fourth-order valence-electron chi connectivity index (χ4n) is 4.12. The van der Waals surface area contributed by atoms with E-state index in [-0.39, 0.29) is 36.4 Å². The van der Waals surface area contributed by atoms with Crippen LogP contribution in [-0.4, -0.2) is 35.4 Å². The van der Waals surface area contributed by atoms with Crippen LogP contribution in [-0.2, 0) is 21.5 Å². The van der Waals surface area contributed by atoms with Gasteiger partial charge in [-0.15, -0.1) is 0 Å². The molecular weight excluding hydrogens is 551 g/mol. The summed E-state index contributed by atoms with van der Waals surface area (Å²) in [7, 11) is 0. The Bertz CT molecular complexity index is 1060. The standard InChI is InChI=1S/C27H33BrCl2N2O3/c1-17(26(34)31-20-7-5-6-8-20)32(15-18-9-11-22(29)23(30)13-18)25(33)16-35-24-12-10-19(14-21(24)28)27(2,3)4/h9-14,17,20H,5-8,15-16H2,1-4H3,(H,31,34)/t17-/m0/s1. The first-order chi connectivity index (χ1) is 16.5. The molecule has 0 heterocycles. The second-order valence-electron chi connectivity index (χ2n) is 10.1. The zero-order chi connectivity index (χ0) is 25.8. The molecule has 1 saturated carbocycles. The Morgan fingerprint density at radius 3 is 2.40 bits per heavy atom. The highest BCUT2D eigenvalue weighted by molar-refractivity contribution is 9.10. The number of amides is 2. The summed E-state index contributed by atoms with van der Waals surface area (Å²) in [6, 6.07) is 10.6. The van der Waals surface area contributed by atoms with Crippen LogP contribution in [0.25, 0.3) is 0 Å². The predicted octanol–water partition coefficient (Wildman–Crippen LogP) is 6.91. The second-order valence-corrected chi connectivity index (χ2v) is 11.8. The number of nitrogens with one attached hydrogen (secondary N) is 1. The molecule has 35 heavy (non-hydrogen) atoms. The minimum Gasteiger partial charge on any atom is -0.483 e. The topological polar surface area (TPSA) is 58.6 Å². The van der Waals surface area contributed by atoms with E-state index in [0.29, 0.717) is 15.8 Å². The van der Waals surface area contributed by atoms with Crippen molar-refractivity contribution in [1.82, 2.24) is 10.2 Å². The monoisotopic (exact) mass is 582 g/mol. The third-order valence-corrected chi connectivity index (χ3v) is 7.71. The van der Waals surface area contributed by atoms with Crippen LogP contribution in [0, 0.1) is 0 Å². The average Bonchev–Trinajstić information content (AvgIpc) is 3.30. The Morgan fingerprint density at radius 1 is 1.11 bits per heavy atom. The summed E-state index contributed by atoms with van der Waals surface area (Å²) in [5.41, 5.74) is 1.93. The number of rotatable bonds is 8. The first kappa shape index (κ1) is 27.8. The Hall–Kier alpha value is -1.76. The van der Waals surface area contributed by atoms with Gasteiger partial charge in [0.1, 0.15) is 11.8 Å². The van der Waals surface area contributed by atoms with Gasteiger partial charge in [-0.25, -0.2) is 0 Å². The number of halogens is 3. The Labute approximate surface area is 226 Å². The third-order valence-electron chi connectivity index (χ3n) is 6.35. The van der Waals surface area contributed by atoms with Crippen LogP contribution in [0.1, 0.15) is 64.5 Å². The number of carbonyl (C=O) groups excluding carboxylic acids is 2. The number of nitrogens with zero attached hydrogens (tertiary/aromatic N) is 1. The van der Waals surface area contributed by atoms with Crippen LogP contribution in [0.5, 0.6) is 5.75 Å². The van der Waals surface area contributed by atoms with E-state index in [4.69, 9.17) is 27.9 Å². The SMILES string of the molecule is C[C@@H](C(=O)NC1CCCC1)N(Cc1ccc(Cl)c(Cl)c1)C(=O)COc1ccc(C(C)(C)C)cc1Br. The number of carbonyl (C=O) groups is 2. The lowest BCUT2D eigenvalue weighted by atomic mass is 9.87. The number of benzene rings is 2. The summed E-state index contributed by atoms with van der Waals surface area (Å²) in [6.45, 7) is 8.17. The van der Waals surface area contributed by atoms with Gasteiger partial charge in [-0.1, -0.05) is 68.9 Å². The second kappa shape index (κ2) is 12.0. The molecule has 190 valence electrons. The average molecular weight is 584 g/mol. The number of hydrogen-bond donors (Lipinski definition) is 1. The molecule has 3 rings (SSSR count). The molecular formula is C27H33BrCl2N2O3. The Balaban J connectivity index is 1.75. The van der Waals surface area contributed by atoms with Crippen molar-refractivity contribution in [3.63, 3.8) is 0 Å². The van der Waals surface area contributed by atoms with Crippen molar-refractivity contribution in [3.05, 3.63) is 62.0 Å². The maximum absolute atomic E-state index is 13.3. The van der Waals surface area contributed by atoms with Crippen LogP contribution < -0.4 is 10.1 Å². The van der Waals surface area contributed by atoms with Gasteiger partial charge in [0.2, 0.25) is 5.91 Å². The quantitative estimate of drug-likeness (QED) is 0.367. The summed E-state index contributed by atoms with van der Waals surface area (Å²) < 4.78 is 6.65. The Morgan fingerprint density at radius 2 is 1.80 bits per heavy atom. The smallest absolute Gasteiger partial charge is 0.261 e. The molecule has 2 aromatic carbocycles. The largest absolute Gasteiger partial charge is 0.483 e. The summed E-state index contributed by atoms with van der Waals surface area (Å²) in [4.78, 5) is 27.9. The summed E-state index contributed by atoms with van der Waals surface area (Å²) in [5.74, 6) is 0.113. The van der Waals surface area contributed by atoms with Crippen molar-refractivity contribution in [2.45, 2.75) is 77.4 Å². The minimum absolute atomic E-state index is 0.00433. The third kappa shape index (κ3) is 7.61. The van der Waals surface area contributed by atoms with Gasteiger partial charge in [-0.2, -0.15) is 0 Å². The normalized spacial score (nSPS) is 15.1. The first-order valence-corrected chi connectivity index (χ1v) is 13.5. The van der Waals surface area contributed by atoms with E-state index in [0.717, 1.165) is 41.3 Å². The van der Waals surface area contributed by atoms with E-state index in [2.05, 4.69) is 42.0 Å². The molecule has 0 aliphatic heterocycles. The molecule has 0 spiro atoms. The fourth-order valence-corrected chi connectivity index (χ4v) is 4.93. The van der Waals surface area contributed by atoms with Gasteiger partial charge in [0.05, 0.1) is 14.5 Å². The molecule has 0 unspecified atom stereocenters. The molecule has 0 bridgehead atoms. The molecule has 2 aromatic rings. The molecule has 0 saturated heterocycles. The van der Waals surface area contributed by atoms with Crippen molar-refractivity contribution in [3.8, 4) is 5.75 Å². The van der Waals surface area contributed by atoms with Crippen molar-refractivity contribution in [2.24, 2.45) is 0 Å². The van der Waals surface area contributed by atoms with E-state index in [1.807, 2.05) is 18.2 Å². The van der Waals surface area contributed by atoms with Gasteiger partial charge in [-0.3, -0.25) is 9.59 Å². The van der Waals surface area contributed by atoms with E-state index >= 15 is 0 Å². The lowest BCUT2D eigenvalue weighted by Crippen LogP contribution is -2.50. The van der Waals surface area contributed by atoms with Gasteiger partial charge in [0.25, 0.3) is 5.91 Å².